The summed E-state index contributed by atoms with van der Waals surface area (Å²) in [6.45, 7) is 1.53. The van der Waals surface area contributed by atoms with Crippen LogP contribution in [0.4, 0.5) is 0 Å². The average molecular weight is 114 g/mol. The van der Waals surface area contributed by atoms with E-state index in [-0.39, 0.29) is 5.91 Å². The maximum Gasteiger partial charge on any atom is 0.218 e. The van der Waals surface area contributed by atoms with Crippen molar-refractivity contribution in [3.63, 3.8) is 0 Å². The molecule has 2 nitrogen and oxygen atoms in total. The van der Waals surface area contributed by atoms with Crippen molar-refractivity contribution in [2.75, 3.05) is 13.2 Å². The first-order valence-electron chi connectivity index (χ1n) is 2.04. The van der Waals surface area contributed by atoms with Gasteiger partial charge in [0.25, 0.3) is 0 Å². The minimum absolute atomic E-state index is 0.0787. The quantitative estimate of drug-likeness (QED) is 0.424. The van der Waals surface area contributed by atoms with E-state index < -0.39 is 0 Å². The first kappa shape index (κ1) is 6.69. The molecule has 0 rings (SSSR count). The SMILES string of the molecule is CC(=O)N(C)C[Si]. The monoisotopic (exact) mass is 114 g/mol. The molecule has 1 amide bonds. The summed E-state index contributed by atoms with van der Waals surface area (Å²) in [7, 11) is 4.90. The Morgan fingerprint density at radius 3 is 2.29 bits per heavy atom. The van der Waals surface area contributed by atoms with Crippen molar-refractivity contribution in [3.8, 4) is 0 Å². The van der Waals surface area contributed by atoms with E-state index >= 15 is 0 Å². The van der Waals surface area contributed by atoms with Gasteiger partial charge in [0.1, 0.15) is 0 Å². The summed E-state index contributed by atoms with van der Waals surface area (Å²) in [5.74, 6) is 0.0787. The highest BCUT2D eigenvalue weighted by Gasteiger charge is 1.93. The first-order chi connectivity index (χ1) is 3.18. The van der Waals surface area contributed by atoms with Crippen LogP contribution in [0.25, 0.3) is 0 Å². The molecule has 3 radical (unpaired) electrons. The fourth-order valence-electron chi connectivity index (χ4n) is 0.111. The molecular weight excluding hydrogens is 106 g/mol. The van der Waals surface area contributed by atoms with Gasteiger partial charge in [-0.3, -0.25) is 4.79 Å². The summed E-state index contributed by atoms with van der Waals surface area (Å²) in [5.41, 5.74) is 0. The molecule has 0 fully saturated rings. The fraction of sp³-hybridized carbons (Fsp3) is 0.750. The molecule has 0 saturated carbocycles. The lowest BCUT2D eigenvalue weighted by molar-refractivity contribution is -0.126. The lowest BCUT2D eigenvalue weighted by Crippen LogP contribution is -2.24. The second-order valence-electron chi connectivity index (χ2n) is 1.38. The molecule has 0 aromatic carbocycles. The minimum atomic E-state index is 0.0787. The van der Waals surface area contributed by atoms with Crippen molar-refractivity contribution < 1.29 is 4.79 Å². The van der Waals surface area contributed by atoms with Gasteiger partial charge in [-0.15, -0.1) is 0 Å². The number of hydrogen-bond donors (Lipinski definition) is 0. The van der Waals surface area contributed by atoms with Crippen LogP contribution in [0.1, 0.15) is 6.92 Å². The van der Waals surface area contributed by atoms with Gasteiger partial charge in [-0.2, -0.15) is 0 Å². The van der Waals surface area contributed by atoms with Crippen LogP contribution in [0, 0.1) is 0 Å². The topological polar surface area (TPSA) is 20.3 Å². The Hall–Kier alpha value is -0.313. The molecule has 7 heavy (non-hydrogen) atoms. The predicted octanol–water partition coefficient (Wildman–Crippen LogP) is -0.409. The van der Waals surface area contributed by atoms with Crippen LogP contribution in [0.3, 0.4) is 0 Å². The molecule has 0 aliphatic rings. The number of nitrogens with zero attached hydrogens (tertiary/aromatic N) is 1. The van der Waals surface area contributed by atoms with E-state index in [1.165, 1.54) is 6.92 Å². The van der Waals surface area contributed by atoms with E-state index in [1.54, 1.807) is 11.9 Å². The lowest BCUT2D eigenvalue weighted by atomic mass is 10.6. The first-order valence-corrected chi connectivity index (χ1v) is 2.75. The summed E-state index contributed by atoms with van der Waals surface area (Å²) in [6, 6.07) is 0. The molecule has 3 heteroatoms. The molecule has 0 aliphatic carbocycles. The van der Waals surface area contributed by atoms with Gasteiger partial charge in [0, 0.05) is 20.1 Å². The largest absolute Gasteiger partial charge is 0.350 e. The van der Waals surface area contributed by atoms with Gasteiger partial charge in [0.2, 0.25) is 5.91 Å². The van der Waals surface area contributed by atoms with Crippen molar-refractivity contribution in [3.05, 3.63) is 0 Å². The van der Waals surface area contributed by atoms with Crippen molar-refractivity contribution in [2.45, 2.75) is 6.92 Å². The smallest absolute Gasteiger partial charge is 0.218 e. The third-order valence-electron chi connectivity index (χ3n) is 0.775. The summed E-state index contributed by atoms with van der Waals surface area (Å²) >= 11 is 0. The van der Waals surface area contributed by atoms with Crippen LogP contribution >= 0.6 is 0 Å². The summed E-state index contributed by atoms with van der Waals surface area (Å²) in [5, 5.41) is 0. The van der Waals surface area contributed by atoms with Gasteiger partial charge in [0.15, 0.2) is 0 Å². The molecule has 0 saturated heterocycles. The average Bonchev–Trinajstić information content (AvgIpc) is 1.65. The predicted molar refractivity (Wildman–Crippen MR) is 29.1 cm³/mol. The maximum absolute atomic E-state index is 10.3. The highest BCUT2D eigenvalue weighted by Crippen LogP contribution is 1.75. The number of hydrogen-bond acceptors (Lipinski definition) is 1. The van der Waals surface area contributed by atoms with Crippen LogP contribution in [-0.2, 0) is 4.79 Å². The molecule has 0 heterocycles. The lowest BCUT2D eigenvalue weighted by Gasteiger charge is -2.09. The Morgan fingerprint density at radius 1 is 1.86 bits per heavy atom. The highest BCUT2D eigenvalue weighted by molar-refractivity contribution is 6.09. The molecule has 0 aromatic heterocycles. The zero-order valence-corrected chi connectivity index (χ0v) is 5.56. The minimum Gasteiger partial charge on any atom is -0.350 e. The van der Waals surface area contributed by atoms with Gasteiger partial charge < -0.3 is 4.90 Å². The molecule has 39 valence electrons. The van der Waals surface area contributed by atoms with Gasteiger partial charge >= 0.3 is 0 Å². The Balaban J connectivity index is 3.34. The Labute approximate surface area is 46.9 Å². The number of carbonyl (C=O) groups is 1. The van der Waals surface area contributed by atoms with Crippen LogP contribution in [0.5, 0.6) is 0 Å². The van der Waals surface area contributed by atoms with Crippen LogP contribution < -0.4 is 0 Å². The fourth-order valence-corrected chi connectivity index (χ4v) is 0.334. The van der Waals surface area contributed by atoms with Gasteiger partial charge in [-0.25, -0.2) is 0 Å². The molecule has 0 unspecified atom stereocenters. The third kappa shape index (κ3) is 2.39. The molecule has 0 spiro atoms. The zero-order valence-electron chi connectivity index (χ0n) is 4.56. The number of amides is 1. The number of carbonyl (C=O) groups excluding carboxylic acids is 1. The van der Waals surface area contributed by atoms with Crippen molar-refractivity contribution >= 4 is 16.1 Å². The molecule has 0 bridgehead atoms. The normalized spacial score (nSPS) is 8.43. The van der Waals surface area contributed by atoms with E-state index in [0.717, 1.165) is 0 Å². The standard InChI is InChI=1S/C4H8NOSi/c1-4(6)5(2)3-7/h3H2,1-2H3. The highest BCUT2D eigenvalue weighted by atomic mass is 28.1. The van der Waals surface area contributed by atoms with Gasteiger partial charge in [-0.1, -0.05) is 0 Å². The Bertz CT molecular complexity index is 74.1. The third-order valence-corrected chi connectivity index (χ3v) is 1.25. The van der Waals surface area contributed by atoms with E-state index in [4.69, 9.17) is 0 Å². The van der Waals surface area contributed by atoms with E-state index in [0.29, 0.717) is 6.17 Å². The number of rotatable bonds is 1. The summed E-state index contributed by atoms with van der Waals surface area (Å²) < 4.78 is 0. The van der Waals surface area contributed by atoms with E-state index in [1.807, 2.05) is 0 Å². The van der Waals surface area contributed by atoms with Crippen LogP contribution in [0.2, 0.25) is 0 Å². The summed E-state index contributed by atoms with van der Waals surface area (Å²) in [4.78, 5) is 11.8. The van der Waals surface area contributed by atoms with E-state index in [2.05, 4.69) is 10.2 Å². The second kappa shape index (κ2) is 2.79. The molecule has 0 aliphatic heterocycles. The molecule has 0 atom stereocenters. The Kier molecular flexibility index (Phi) is 2.67. The molecular formula is C4H8NOSi. The summed E-state index contributed by atoms with van der Waals surface area (Å²) in [6.07, 6.45) is 0.606. The van der Waals surface area contributed by atoms with Gasteiger partial charge in [-0.05, 0) is 0 Å². The zero-order chi connectivity index (χ0) is 5.86. The van der Waals surface area contributed by atoms with Gasteiger partial charge in [0.05, 0.1) is 10.2 Å². The second-order valence-corrected chi connectivity index (χ2v) is 1.69. The van der Waals surface area contributed by atoms with E-state index in [9.17, 15) is 4.79 Å². The van der Waals surface area contributed by atoms with Crippen LogP contribution in [0.15, 0.2) is 0 Å². The molecule has 0 aromatic rings. The maximum atomic E-state index is 10.3. The van der Waals surface area contributed by atoms with Crippen molar-refractivity contribution in [1.82, 2.24) is 4.90 Å². The van der Waals surface area contributed by atoms with Crippen molar-refractivity contribution in [2.24, 2.45) is 0 Å². The van der Waals surface area contributed by atoms with Crippen LogP contribution in [-0.4, -0.2) is 34.3 Å². The van der Waals surface area contributed by atoms with Crippen molar-refractivity contribution in [1.29, 1.82) is 0 Å². The Morgan fingerprint density at radius 2 is 2.29 bits per heavy atom. The molecule has 0 N–H and O–H groups in total.